The van der Waals surface area contributed by atoms with E-state index in [1.54, 1.807) is 0 Å². The predicted molar refractivity (Wildman–Crippen MR) is 53.3 cm³/mol. The normalized spacial score (nSPS) is 10.1. The molecule has 15 heavy (non-hydrogen) atoms. The second-order valence-corrected chi connectivity index (χ2v) is 3.42. The Labute approximate surface area is 92.8 Å². The molecule has 7 heteroatoms. The number of rotatable bonds is 4. The lowest BCUT2D eigenvalue weighted by molar-refractivity contribution is -0.386. The van der Waals surface area contributed by atoms with Gasteiger partial charge in [-0.2, -0.15) is 0 Å². The highest BCUT2D eigenvalue weighted by Gasteiger charge is 2.20. The van der Waals surface area contributed by atoms with Gasteiger partial charge in [0.15, 0.2) is 0 Å². The largest absolute Gasteiger partial charge is 0.484 e. The zero-order chi connectivity index (χ0) is 11.4. The van der Waals surface area contributed by atoms with Crippen molar-refractivity contribution in [1.29, 1.82) is 0 Å². The first-order valence-electron chi connectivity index (χ1n) is 3.93. The van der Waals surface area contributed by atoms with E-state index in [0.717, 1.165) is 12.1 Å². The van der Waals surface area contributed by atoms with Crippen LogP contribution in [0.1, 0.15) is 0 Å². The van der Waals surface area contributed by atoms with Gasteiger partial charge >= 0.3 is 5.69 Å². The summed E-state index contributed by atoms with van der Waals surface area (Å²) in [5.41, 5.74) is -0.477. The maximum atomic E-state index is 12.9. The molecular weight excluding hydrogens is 273 g/mol. The standard InChI is InChI=1S/C8H7BrFNO4/c9-6-3-5(10)4-7(11(13)14)8(6)15-2-1-12/h3-4,12H,1-2H2. The van der Waals surface area contributed by atoms with Crippen LogP contribution in [-0.4, -0.2) is 23.2 Å². The van der Waals surface area contributed by atoms with Gasteiger partial charge in [0.2, 0.25) is 5.75 Å². The van der Waals surface area contributed by atoms with Crippen molar-refractivity contribution in [3.63, 3.8) is 0 Å². The first-order valence-corrected chi connectivity index (χ1v) is 4.72. The molecule has 1 rings (SSSR count). The molecule has 0 heterocycles. The van der Waals surface area contributed by atoms with E-state index in [9.17, 15) is 14.5 Å². The SMILES string of the molecule is O=[N+]([O-])c1cc(F)cc(Br)c1OCCO. The summed E-state index contributed by atoms with van der Waals surface area (Å²) in [4.78, 5) is 9.82. The second-order valence-electron chi connectivity index (χ2n) is 2.57. The van der Waals surface area contributed by atoms with Gasteiger partial charge in [-0.05, 0) is 22.0 Å². The Kier molecular flexibility index (Phi) is 3.98. The van der Waals surface area contributed by atoms with Gasteiger partial charge in [-0.15, -0.1) is 0 Å². The highest BCUT2D eigenvalue weighted by molar-refractivity contribution is 9.10. The summed E-state index contributed by atoms with van der Waals surface area (Å²) in [7, 11) is 0. The molecule has 1 N–H and O–H groups in total. The van der Waals surface area contributed by atoms with Gasteiger partial charge in [-0.1, -0.05) is 0 Å². The third-order valence-corrected chi connectivity index (χ3v) is 2.11. The van der Waals surface area contributed by atoms with Crippen molar-refractivity contribution in [2.75, 3.05) is 13.2 Å². The molecular formula is C8H7BrFNO4. The van der Waals surface area contributed by atoms with Crippen LogP contribution in [0.5, 0.6) is 5.75 Å². The summed E-state index contributed by atoms with van der Waals surface area (Å²) in [6, 6.07) is 1.82. The molecule has 0 bridgehead atoms. The minimum absolute atomic E-state index is 0.0875. The van der Waals surface area contributed by atoms with E-state index in [1.807, 2.05) is 0 Å². The third kappa shape index (κ3) is 2.87. The van der Waals surface area contributed by atoms with Crippen molar-refractivity contribution in [3.8, 4) is 5.75 Å². The molecule has 0 aliphatic carbocycles. The van der Waals surface area contributed by atoms with E-state index >= 15 is 0 Å². The van der Waals surface area contributed by atoms with Crippen LogP contribution in [0.15, 0.2) is 16.6 Å². The highest BCUT2D eigenvalue weighted by Crippen LogP contribution is 2.35. The number of ether oxygens (including phenoxy) is 1. The van der Waals surface area contributed by atoms with Gasteiger partial charge in [0.25, 0.3) is 0 Å². The molecule has 0 atom stereocenters. The molecule has 82 valence electrons. The number of nitrogens with zero attached hydrogens (tertiary/aromatic N) is 1. The van der Waals surface area contributed by atoms with Gasteiger partial charge in [0, 0.05) is 0 Å². The summed E-state index contributed by atoms with van der Waals surface area (Å²) < 4.78 is 17.9. The summed E-state index contributed by atoms with van der Waals surface area (Å²) in [6.07, 6.45) is 0. The molecule has 0 spiro atoms. The molecule has 1 aromatic rings. The lowest BCUT2D eigenvalue weighted by Gasteiger charge is -2.07. The van der Waals surface area contributed by atoms with Gasteiger partial charge in [-0.25, -0.2) is 4.39 Å². The minimum Gasteiger partial charge on any atom is -0.484 e. The van der Waals surface area contributed by atoms with Gasteiger partial charge in [0.05, 0.1) is 22.1 Å². The second kappa shape index (κ2) is 5.04. The molecule has 0 fully saturated rings. The van der Waals surface area contributed by atoms with Crippen molar-refractivity contribution in [2.45, 2.75) is 0 Å². The van der Waals surface area contributed by atoms with Gasteiger partial charge < -0.3 is 9.84 Å². The highest BCUT2D eigenvalue weighted by atomic mass is 79.9. The average molecular weight is 280 g/mol. The lowest BCUT2D eigenvalue weighted by Crippen LogP contribution is -2.05. The van der Waals surface area contributed by atoms with Crippen molar-refractivity contribution in [1.82, 2.24) is 0 Å². The third-order valence-electron chi connectivity index (χ3n) is 1.52. The number of halogens is 2. The Morgan fingerprint density at radius 3 is 2.80 bits per heavy atom. The monoisotopic (exact) mass is 279 g/mol. The van der Waals surface area contributed by atoms with Crippen LogP contribution in [0.25, 0.3) is 0 Å². The molecule has 0 amide bonds. The van der Waals surface area contributed by atoms with Crippen LogP contribution in [0.2, 0.25) is 0 Å². The zero-order valence-electron chi connectivity index (χ0n) is 7.44. The number of nitro benzene ring substituents is 1. The number of aliphatic hydroxyl groups excluding tert-OH is 1. The predicted octanol–water partition coefficient (Wildman–Crippen LogP) is 1.87. The zero-order valence-corrected chi connectivity index (χ0v) is 9.03. The van der Waals surface area contributed by atoms with Crippen molar-refractivity contribution >= 4 is 21.6 Å². The number of benzene rings is 1. The molecule has 0 saturated heterocycles. The van der Waals surface area contributed by atoms with Crippen LogP contribution in [0.4, 0.5) is 10.1 Å². The number of hydrogen-bond donors (Lipinski definition) is 1. The molecule has 0 saturated carbocycles. The van der Waals surface area contributed by atoms with E-state index in [2.05, 4.69) is 15.9 Å². The van der Waals surface area contributed by atoms with Crippen LogP contribution in [-0.2, 0) is 0 Å². The van der Waals surface area contributed by atoms with Gasteiger partial charge in [0.1, 0.15) is 12.4 Å². The average Bonchev–Trinajstić information content (AvgIpc) is 2.15. The molecule has 0 aliphatic heterocycles. The Hall–Kier alpha value is -1.21. The van der Waals surface area contributed by atoms with Crippen molar-refractivity contribution in [3.05, 3.63) is 32.5 Å². The smallest absolute Gasteiger partial charge is 0.315 e. The molecule has 0 aliphatic rings. The first kappa shape index (κ1) is 11.9. The Balaban J connectivity index is 3.15. The van der Waals surface area contributed by atoms with Crippen LogP contribution < -0.4 is 4.74 Å². The molecule has 5 nitrogen and oxygen atoms in total. The van der Waals surface area contributed by atoms with E-state index in [4.69, 9.17) is 9.84 Å². The fourth-order valence-corrected chi connectivity index (χ4v) is 1.51. The van der Waals surface area contributed by atoms with Crippen LogP contribution in [0, 0.1) is 15.9 Å². The maximum Gasteiger partial charge on any atom is 0.315 e. The molecule has 0 unspecified atom stereocenters. The summed E-state index contributed by atoms with van der Waals surface area (Å²) in [5, 5.41) is 19.1. The fourth-order valence-electron chi connectivity index (χ4n) is 0.973. The first-order chi connectivity index (χ1) is 7.06. The quantitative estimate of drug-likeness (QED) is 0.675. The summed E-state index contributed by atoms with van der Waals surface area (Å²) >= 11 is 2.95. The molecule has 0 aromatic heterocycles. The minimum atomic E-state index is -0.749. The molecule has 0 radical (unpaired) electrons. The Bertz CT molecular complexity index is 385. The van der Waals surface area contributed by atoms with E-state index in [1.165, 1.54) is 0 Å². The summed E-state index contributed by atoms with van der Waals surface area (Å²) in [5.74, 6) is -0.819. The maximum absolute atomic E-state index is 12.9. The Morgan fingerprint density at radius 2 is 2.27 bits per heavy atom. The van der Waals surface area contributed by atoms with Crippen molar-refractivity contribution in [2.24, 2.45) is 0 Å². The number of hydrogen-bond acceptors (Lipinski definition) is 4. The number of aliphatic hydroxyl groups is 1. The fraction of sp³-hybridized carbons (Fsp3) is 0.250. The van der Waals surface area contributed by atoms with Gasteiger partial charge in [-0.3, -0.25) is 10.1 Å². The van der Waals surface area contributed by atoms with Crippen LogP contribution in [0.3, 0.4) is 0 Å². The summed E-state index contributed by atoms with van der Waals surface area (Å²) in [6.45, 7) is -0.369. The topological polar surface area (TPSA) is 72.6 Å². The lowest BCUT2D eigenvalue weighted by atomic mass is 10.3. The molecule has 1 aromatic carbocycles. The van der Waals surface area contributed by atoms with Crippen molar-refractivity contribution < 1.29 is 19.2 Å². The number of nitro groups is 1. The van der Waals surface area contributed by atoms with E-state index in [-0.39, 0.29) is 23.4 Å². The van der Waals surface area contributed by atoms with Crippen LogP contribution >= 0.6 is 15.9 Å². The van der Waals surface area contributed by atoms with E-state index in [0.29, 0.717) is 0 Å². The Morgan fingerprint density at radius 1 is 1.60 bits per heavy atom. The van der Waals surface area contributed by atoms with E-state index < -0.39 is 16.4 Å².